The number of piperazine rings is 1. The van der Waals surface area contributed by atoms with E-state index >= 15 is 0 Å². The molecule has 0 aliphatic carbocycles. The molecule has 1 aliphatic rings. The van der Waals surface area contributed by atoms with Gasteiger partial charge in [-0.15, -0.1) is 0 Å². The van der Waals surface area contributed by atoms with Crippen LogP contribution in [-0.2, 0) is 6.42 Å². The highest BCUT2D eigenvalue weighted by Gasteiger charge is 2.23. The number of ether oxygens (including phenoxy) is 1. The lowest BCUT2D eigenvalue weighted by molar-refractivity contribution is 0.302. The number of hydrogen-bond donors (Lipinski definition) is 1. The maximum Gasteiger partial charge on any atom is 0.205 e. The standard InChI is InChI=1S/C22H35N7OS/c1-6-20-25-22(31-26-20)29-13-11-28(12-14-29)21(23-7-2)24-16-19(27(3)4)17-9-8-10-18(15-17)30-5/h8-10,15,19H,6-7,11-14,16H2,1-5H3,(H,23,24). The van der Waals surface area contributed by atoms with E-state index in [-0.39, 0.29) is 6.04 Å². The Morgan fingerprint density at radius 2 is 2.03 bits per heavy atom. The molecule has 31 heavy (non-hydrogen) atoms. The predicted octanol–water partition coefficient (Wildman–Crippen LogP) is 2.50. The smallest absolute Gasteiger partial charge is 0.205 e. The van der Waals surface area contributed by atoms with Crippen molar-refractivity contribution in [3.05, 3.63) is 35.7 Å². The molecular weight excluding hydrogens is 410 g/mol. The average molecular weight is 446 g/mol. The number of nitrogens with zero attached hydrogens (tertiary/aromatic N) is 6. The van der Waals surface area contributed by atoms with Crippen LogP contribution >= 0.6 is 11.5 Å². The van der Waals surface area contributed by atoms with Crippen LogP contribution in [-0.4, -0.2) is 85.6 Å². The van der Waals surface area contributed by atoms with E-state index in [2.05, 4.69) is 69.4 Å². The van der Waals surface area contributed by atoms with E-state index in [4.69, 9.17) is 9.73 Å². The lowest BCUT2D eigenvalue weighted by Gasteiger charge is -2.36. The molecule has 1 aromatic heterocycles. The van der Waals surface area contributed by atoms with Crippen molar-refractivity contribution in [1.82, 2.24) is 24.5 Å². The summed E-state index contributed by atoms with van der Waals surface area (Å²) in [5, 5.41) is 4.51. The summed E-state index contributed by atoms with van der Waals surface area (Å²) in [6.45, 7) is 9.42. The summed E-state index contributed by atoms with van der Waals surface area (Å²) >= 11 is 1.50. The second kappa shape index (κ2) is 11.3. The highest BCUT2D eigenvalue weighted by molar-refractivity contribution is 7.09. The van der Waals surface area contributed by atoms with E-state index < -0.39 is 0 Å². The Bertz CT molecular complexity index is 846. The van der Waals surface area contributed by atoms with Gasteiger partial charge in [-0.25, -0.2) is 4.98 Å². The highest BCUT2D eigenvalue weighted by Crippen LogP contribution is 2.23. The lowest BCUT2D eigenvalue weighted by Crippen LogP contribution is -2.52. The first-order valence-electron chi connectivity index (χ1n) is 11.0. The number of likely N-dealkylation sites (N-methyl/N-ethyl adjacent to an activating group) is 1. The number of aryl methyl sites for hydroxylation is 1. The highest BCUT2D eigenvalue weighted by atomic mass is 32.1. The van der Waals surface area contributed by atoms with Crippen molar-refractivity contribution < 1.29 is 4.74 Å². The maximum absolute atomic E-state index is 5.41. The van der Waals surface area contributed by atoms with Gasteiger partial charge in [-0.1, -0.05) is 19.1 Å². The van der Waals surface area contributed by atoms with E-state index in [0.717, 1.165) is 61.8 Å². The van der Waals surface area contributed by atoms with Gasteiger partial charge in [-0.2, -0.15) is 4.37 Å². The summed E-state index contributed by atoms with van der Waals surface area (Å²) in [5.74, 6) is 2.78. The van der Waals surface area contributed by atoms with Gasteiger partial charge in [0.1, 0.15) is 11.6 Å². The molecule has 9 heteroatoms. The molecule has 8 nitrogen and oxygen atoms in total. The van der Waals surface area contributed by atoms with Gasteiger partial charge in [0.15, 0.2) is 5.96 Å². The molecule has 1 saturated heterocycles. The van der Waals surface area contributed by atoms with Gasteiger partial charge in [0.25, 0.3) is 0 Å². The number of hydrogen-bond acceptors (Lipinski definition) is 7. The molecule has 0 bridgehead atoms. The molecule has 1 N–H and O–H groups in total. The van der Waals surface area contributed by atoms with Crippen molar-refractivity contribution in [2.24, 2.45) is 4.99 Å². The lowest BCUT2D eigenvalue weighted by atomic mass is 10.1. The quantitative estimate of drug-likeness (QED) is 0.495. The van der Waals surface area contributed by atoms with Crippen LogP contribution < -0.4 is 15.0 Å². The molecule has 2 heterocycles. The third-order valence-electron chi connectivity index (χ3n) is 5.47. The number of methoxy groups -OCH3 is 1. The average Bonchev–Trinajstić information content (AvgIpc) is 3.28. The minimum absolute atomic E-state index is 0.180. The fourth-order valence-corrected chi connectivity index (χ4v) is 4.44. The van der Waals surface area contributed by atoms with Gasteiger partial charge in [0.2, 0.25) is 5.13 Å². The van der Waals surface area contributed by atoms with Gasteiger partial charge >= 0.3 is 0 Å². The Morgan fingerprint density at radius 3 is 2.65 bits per heavy atom. The fraction of sp³-hybridized carbons (Fsp3) is 0.591. The number of guanidine groups is 1. The molecule has 2 aromatic rings. The molecule has 1 aliphatic heterocycles. The van der Waals surface area contributed by atoms with Crippen LogP contribution in [0.1, 0.15) is 31.3 Å². The summed E-state index contributed by atoms with van der Waals surface area (Å²) in [7, 11) is 5.89. The van der Waals surface area contributed by atoms with Crippen molar-refractivity contribution in [2.75, 3.05) is 65.4 Å². The first-order chi connectivity index (χ1) is 15.0. The van der Waals surface area contributed by atoms with Gasteiger partial charge in [-0.3, -0.25) is 4.99 Å². The van der Waals surface area contributed by atoms with Crippen LogP contribution in [0.15, 0.2) is 29.3 Å². The zero-order chi connectivity index (χ0) is 22.2. The van der Waals surface area contributed by atoms with Gasteiger partial charge < -0.3 is 24.8 Å². The Kier molecular flexibility index (Phi) is 8.48. The SMILES string of the molecule is CCNC(=NCC(c1cccc(OC)c1)N(C)C)N1CCN(c2nc(CC)ns2)CC1. The summed E-state index contributed by atoms with van der Waals surface area (Å²) in [5.41, 5.74) is 1.21. The number of nitrogens with one attached hydrogen (secondary N) is 1. The zero-order valence-corrected chi connectivity index (χ0v) is 20.2. The van der Waals surface area contributed by atoms with E-state index in [1.165, 1.54) is 17.1 Å². The Labute approximate surface area is 190 Å². The van der Waals surface area contributed by atoms with Crippen LogP contribution in [0.2, 0.25) is 0 Å². The third-order valence-corrected chi connectivity index (χ3v) is 6.29. The van der Waals surface area contributed by atoms with Crippen molar-refractivity contribution in [3.63, 3.8) is 0 Å². The molecule has 1 fully saturated rings. The summed E-state index contributed by atoms with van der Waals surface area (Å²) in [6.07, 6.45) is 0.883. The fourth-order valence-electron chi connectivity index (χ4n) is 3.64. The number of benzene rings is 1. The van der Waals surface area contributed by atoms with Crippen molar-refractivity contribution in [2.45, 2.75) is 26.3 Å². The normalized spacial score (nSPS) is 16.0. The third kappa shape index (κ3) is 6.07. The molecule has 3 rings (SSSR count). The number of anilines is 1. The number of aliphatic imine (C=N–C) groups is 1. The van der Waals surface area contributed by atoms with Crippen LogP contribution in [0.4, 0.5) is 5.13 Å². The van der Waals surface area contributed by atoms with E-state index in [0.29, 0.717) is 6.54 Å². The van der Waals surface area contributed by atoms with E-state index in [9.17, 15) is 0 Å². The van der Waals surface area contributed by atoms with Gasteiger partial charge in [0, 0.05) is 50.7 Å². The first-order valence-corrected chi connectivity index (χ1v) is 11.7. The molecule has 1 atom stereocenters. The Morgan fingerprint density at radius 1 is 1.26 bits per heavy atom. The molecule has 1 unspecified atom stereocenters. The largest absolute Gasteiger partial charge is 0.497 e. The van der Waals surface area contributed by atoms with Gasteiger partial charge in [0.05, 0.1) is 19.7 Å². The molecule has 0 radical (unpaired) electrons. The molecule has 0 saturated carbocycles. The minimum Gasteiger partial charge on any atom is -0.497 e. The second-order valence-corrected chi connectivity index (χ2v) is 8.50. The summed E-state index contributed by atoms with van der Waals surface area (Å²) in [6, 6.07) is 8.43. The van der Waals surface area contributed by atoms with Crippen LogP contribution in [0, 0.1) is 0 Å². The molecule has 170 valence electrons. The van der Waals surface area contributed by atoms with Crippen molar-refractivity contribution in [1.29, 1.82) is 0 Å². The number of rotatable bonds is 8. The topological polar surface area (TPSA) is 69.1 Å². The van der Waals surface area contributed by atoms with Crippen LogP contribution in [0.25, 0.3) is 0 Å². The van der Waals surface area contributed by atoms with E-state index in [1.54, 1.807) is 7.11 Å². The van der Waals surface area contributed by atoms with Gasteiger partial charge in [-0.05, 0) is 38.7 Å². The first kappa shape index (κ1) is 23.3. The zero-order valence-electron chi connectivity index (χ0n) is 19.3. The maximum atomic E-state index is 5.41. The predicted molar refractivity (Wildman–Crippen MR) is 128 cm³/mol. The van der Waals surface area contributed by atoms with Crippen LogP contribution in [0.5, 0.6) is 5.75 Å². The summed E-state index contributed by atoms with van der Waals surface area (Å²) in [4.78, 5) is 16.5. The second-order valence-electron chi connectivity index (χ2n) is 7.77. The Hall–Kier alpha value is -2.39. The monoisotopic (exact) mass is 445 g/mol. The minimum atomic E-state index is 0.180. The summed E-state index contributed by atoms with van der Waals surface area (Å²) < 4.78 is 9.84. The molecule has 0 spiro atoms. The molecule has 1 aromatic carbocycles. The van der Waals surface area contributed by atoms with Crippen molar-refractivity contribution in [3.8, 4) is 5.75 Å². The number of aromatic nitrogens is 2. The molecule has 0 amide bonds. The molecular formula is C22H35N7OS. The van der Waals surface area contributed by atoms with Crippen LogP contribution in [0.3, 0.4) is 0 Å². The Balaban J connectivity index is 1.67. The van der Waals surface area contributed by atoms with E-state index in [1.807, 2.05) is 12.1 Å². The van der Waals surface area contributed by atoms with Crippen molar-refractivity contribution >= 4 is 22.6 Å².